The Kier molecular flexibility index (Phi) is 5.03. The van der Waals surface area contributed by atoms with Crippen molar-refractivity contribution >= 4 is 43.5 Å². The van der Waals surface area contributed by atoms with Gasteiger partial charge in [0.2, 0.25) is 0 Å². The van der Waals surface area contributed by atoms with Gasteiger partial charge in [-0.25, -0.2) is 0 Å². The molecule has 1 heterocycles. The maximum Gasteiger partial charge on any atom is 0.164 e. The third kappa shape index (κ3) is 3.58. The van der Waals surface area contributed by atoms with Crippen LogP contribution in [0.1, 0.15) is 19.7 Å². The van der Waals surface area contributed by atoms with E-state index in [1.807, 2.05) is 18.2 Å². The summed E-state index contributed by atoms with van der Waals surface area (Å²) >= 11 is 12.9. The van der Waals surface area contributed by atoms with Gasteiger partial charge < -0.3 is 4.57 Å². The standard InChI is InChI=1S/C13H14Br2ClN3/c1-8(2)7-19-12(6-16)17-18-13(19)9-3-10(14)5-11(15)4-9/h3-5,8H,6-7H2,1-2H3. The van der Waals surface area contributed by atoms with Crippen LogP contribution in [-0.4, -0.2) is 14.8 Å². The second kappa shape index (κ2) is 6.37. The Morgan fingerprint density at radius 1 is 1.16 bits per heavy atom. The molecule has 0 spiro atoms. The topological polar surface area (TPSA) is 30.7 Å². The van der Waals surface area contributed by atoms with Gasteiger partial charge in [-0.2, -0.15) is 0 Å². The van der Waals surface area contributed by atoms with E-state index in [-0.39, 0.29) is 0 Å². The van der Waals surface area contributed by atoms with Crippen LogP contribution in [0.2, 0.25) is 0 Å². The first-order chi connectivity index (χ1) is 9.01. The fourth-order valence-corrected chi connectivity index (χ4v) is 3.38. The van der Waals surface area contributed by atoms with Gasteiger partial charge in [0.05, 0.1) is 5.88 Å². The summed E-state index contributed by atoms with van der Waals surface area (Å²) < 4.78 is 4.10. The van der Waals surface area contributed by atoms with E-state index in [0.717, 1.165) is 32.7 Å². The lowest BCUT2D eigenvalue weighted by Crippen LogP contribution is -2.09. The molecule has 0 saturated carbocycles. The quantitative estimate of drug-likeness (QED) is 0.678. The Balaban J connectivity index is 2.51. The van der Waals surface area contributed by atoms with Crippen molar-refractivity contribution in [3.8, 4) is 11.4 Å². The molecule has 19 heavy (non-hydrogen) atoms. The minimum atomic E-state index is 0.370. The number of nitrogens with zero attached hydrogens (tertiary/aromatic N) is 3. The molecule has 6 heteroatoms. The lowest BCUT2D eigenvalue weighted by molar-refractivity contribution is 0.515. The van der Waals surface area contributed by atoms with Gasteiger partial charge in [-0.1, -0.05) is 45.7 Å². The molecule has 1 aromatic heterocycles. The molecular weight excluding hydrogens is 393 g/mol. The van der Waals surface area contributed by atoms with Crippen LogP contribution in [0.15, 0.2) is 27.1 Å². The Morgan fingerprint density at radius 3 is 2.32 bits per heavy atom. The van der Waals surface area contributed by atoms with E-state index in [9.17, 15) is 0 Å². The first-order valence-electron chi connectivity index (χ1n) is 5.95. The molecule has 0 bridgehead atoms. The van der Waals surface area contributed by atoms with Gasteiger partial charge in [-0.3, -0.25) is 0 Å². The van der Waals surface area contributed by atoms with Gasteiger partial charge in [0.1, 0.15) is 5.82 Å². The Labute approximate surface area is 134 Å². The van der Waals surface area contributed by atoms with E-state index < -0.39 is 0 Å². The molecule has 102 valence electrons. The number of aromatic nitrogens is 3. The number of rotatable bonds is 4. The third-order valence-corrected chi connectivity index (χ3v) is 3.77. The van der Waals surface area contributed by atoms with Crippen molar-refractivity contribution < 1.29 is 0 Å². The monoisotopic (exact) mass is 405 g/mol. The van der Waals surface area contributed by atoms with Crippen LogP contribution >= 0.6 is 43.5 Å². The smallest absolute Gasteiger partial charge is 0.164 e. The summed E-state index contributed by atoms with van der Waals surface area (Å²) in [6, 6.07) is 6.06. The zero-order valence-electron chi connectivity index (χ0n) is 10.7. The number of hydrogen-bond acceptors (Lipinski definition) is 2. The molecule has 2 rings (SSSR count). The predicted molar refractivity (Wildman–Crippen MR) is 85.3 cm³/mol. The van der Waals surface area contributed by atoms with E-state index in [2.05, 4.69) is 60.5 Å². The van der Waals surface area contributed by atoms with Crippen molar-refractivity contribution in [1.29, 1.82) is 0 Å². The van der Waals surface area contributed by atoms with Gasteiger partial charge in [0.15, 0.2) is 5.82 Å². The molecule has 0 radical (unpaired) electrons. The minimum absolute atomic E-state index is 0.370. The predicted octanol–water partition coefficient (Wildman–Crippen LogP) is 4.86. The summed E-state index contributed by atoms with van der Waals surface area (Å²) in [6.45, 7) is 5.19. The van der Waals surface area contributed by atoms with Gasteiger partial charge >= 0.3 is 0 Å². The van der Waals surface area contributed by atoms with E-state index in [4.69, 9.17) is 11.6 Å². The van der Waals surface area contributed by atoms with E-state index in [1.165, 1.54) is 0 Å². The summed E-state index contributed by atoms with van der Waals surface area (Å²) in [5.41, 5.74) is 1.02. The maximum absolute atomic E-state index is 5.94. The maximum atomic E-state index is 5.94. The molecule has 0 aliphatic carbocycles. The van der Waals surface area contributed by atoms with Crippen LogP contribution < -0.4 is 0 Å². The average Bonchev–Trinajstić information content (AvgIpc) is 2.69. The van der Waals surface area contributed by atoms with Crippen LogP contribution in [0.4, 0.5) is 0 Å². The van der Waals surface area contributed by atoms with Crippen molar-refractivity contribution in [3.05, 3.63) is 33.0 Å². The molecule has 0 unspecified atom stereocenters. The first-order valence-corrected chi connectivity index (χ1v) is 8.07. The van der Waals surface area contributed by atoms with Gasteiger partial charge in [0.25, 0.3) is 0 Å². The van der Waals surface area contributed by atoms with Crippen LogP contribution in [-0.2, 0) is 12.4 Å². The lowest BCUT2D eigenvalue weighted by Gasteiger charge is -2.12. The van der Waals surface area contributed by atoms with Crippen molar-refractivity contribution in [2.75, 3.05) is 0 Å². The highest BCUT2D eigenvalue weighted by Gasteiger charge is 2.15. The molecule has 2 aromatic rings. The van der Waals surface area contributed by atoms with Gasteiger partial charge in [-0.05, 0) is 24.1 Å². The number of hydrogen-bond donors (Lipinski definition) is 0. The summed E-state index contributed by atoms with van der Waals surface area (Å²) in [6.07, 6.45) is 0. The minimum Gasteiger partial charge on any atom is -0.310 e. The molecule has 0 fully saturated rings. The average molecular weight is 408 g/mol. The highest BCUT2D eigenvalue weighted by Crippen LogP contribution is 2.27. The normalized spacial score (nSPS) is 11.3. The summed E-state index contributed by atoms with van der Waals surface area (Å²) in [5.74, 6) is 2.54. The van der Waals surface area contributed by atoms with Crippen molar-refractivity contribution in [2.24, 2.45) is 5.92 Å². The molecule has 0 saturated heterocycles. The van der Waals surface area contributed by atoms with Crippen LogP contribution in [0, 0.1) is 5.92 Å². The van der Waals surface area contributed by atoms with E-state index in [0.29, 0.717) is 11.8 Å². The molecule has 0 atom stereocenters. The largest absolute Gasteiger partial charge is 0.310 e. The van der Waals surface area contributed by atoms with Crippen LogP contribution in [0.3, 0.4) is 0 Å². The van der Waals surface area contributed by atoms with Gasteiger partial charge in [-0.15, -0.1) is 21.8 Å². The number of halogens is 3. The zero-order chi connectivity index (χ0) is 14.0. The Bertz CT molecular complexity index is 561. The molecule has 0 aliphatic heterocycles. The van der Waals surface area contributed by atoms with Crippen molar-refractivity contribution in [2.45, 2.75) is 26.3 Å². The van der Waals surface area contributed by atoms with Crippen LogP contribution in [0.25, 0.3) is 11.4 Å². The molecule has 3 nitrogen and oxygen atoms in total. The molecule has 0 amide bonds. The van der Waals surface area contributed by atoms with Crippen molar-refractivity contribution in [1.82, 2.24) is 14.8 Å². The molecule has 1 aromatic carbocycles. The van der Waals surface area contributed by atoms with Crippen LogP contribution in [0.5, 0.6) is 0 Å². The second-order valence-corrected chi connectivity index (χ2v) is 6.83. The fourth-order valence-electron chi connectivity index (χ4n) is 1.89. The SMILES string of the molecule is CC(C)Cn1c(CCl)nnc1-c1cc(Br)cc(Br)c1. The lowest BCUT2D eigenvalue weighted by atomic mass is 10.2. The molecular formula is C13H14Br2ClN3. The zero-order valence-corrected chi connectivity index (χ0v) is 14.6. The second-order valence-electron chi connectivity index (χ2n) is 4.74. The summed E-state index contributed by atoms with van der Waals surface area (Å²) in [4.78, 5) is 0. The van der Waals surface area contributed by atoms with Crippen molar-refractivity contribution in [3.63, 3.8) is 0 Å². The Morgan fingerprint density at radius 2 is 1.79 bits per heavy atom. The molecule has 0 aliphatic rings. The van der Waals surface area contributed by atoms with E-state index in [1.54, 1.807) is 0 Å². The number of alkyl halides is 1. The first kappa shape index (κ1) is 15.0. The van der Waals surface area contributed by atoms with Gasteiger partial charge in [0, 0.05) is 21.1 Å². The Hall–Kier alpha value is -0.390. The third-order valence-electron chi connectivity index (χ3n) is 2.62. The highest BCUT2D eigenvalue weighted by molar-refractivity contribution is 9.11. The van der Waals surface area contributed by atoms with E-state index >= 15 is 0 Å². The molecule has 0 N–H and O–H groups in total. The highest BCUT2D eigenvalue weighted by atomic mass is 79.9. The summed E-state index contributed by atoms with van der Waals surface area (Å²) in [5, 5.41) is 8.45. The fraction of sp³-hybridized carbons (Fsp3) is 0.385. The summed E-state index contributed by atoms with van der Waals surface area (Å²) in [7, 11) is 0. The number of benzene rings is 1.